The van der Waals surface area contributed by atoms with E-state index in [1.165, 1.54) is 0 Å². The van der Waals surface area contributed by atoms with Gasteiger partial charge in [0, 0.05) is 50.1 Å². The first kappa shape index (κ1) is 30.0. The summed E-state index contributed by atoms with van der Waals surface area (Å²) in [6, 6.07) is 21.8. The third-order valence-electron chi connectivity index (χ3n) is 9.07. The number of nitrogens with zero attached hydrogens (tertiary/aromatic N) is 4. The minimum Gasteiger partial charge on any atom is -0.481 e. The molecule has 0 spiro atoms. The SMILES string of the molecule is COC[C@]1(O)CCCC[C@H]1n1cnc(C(=O)N2CCNC[C@H]2Cc2ccccc2-c2cccnc2OC)c1-c1ccccc1. The smallest absolute Gasteiger partial charge is 0.275 e. The quantitative estimate of drug-likeness (QED) is 0.288. The van der Waals surface area contributed by atoms with Crippen LogP contribution in [0.4, 0.5) is 0 Å². The first-order valence-corrected chi connectivity index (χ1v) is 15.5. The van der Waals surface area contributed by atoms with Crippen molar-refractivity contribution in [3.8, 4) is 28.3 Å². The second kappa shape index (κ2) is 13.3. The summed E-state index contributed by atoms with van der Waals surface area (Å²) in [6.45, 7) is 2.17. The van der Waals surface area contributed by atoms with Crippen LogP contribution >= 0.6 is 0 Å². The van der Waals surface area contributed by atoms with Crippen LogP contribution in [-0.4, -0.2) is 82.6 Å². The van der Waals surface area contributed by atoms with Crippen LogP contribution in [0.15, 0.2) is 79.3 Å². The van der Waals surface area contributed by atoms with Gasteiger partial charge in [0.2, 0.25) is 5.88 Å². The van der Waals surface area contributed by atoms with Gasteiger partial charge < -0.3 is 29.4 Å². The number of benzene rings is 2. The van der Waals surface area contributed by atoms with E-state index in [-0.39, 0.29) is 24.6 Å². The third-order valence-corrected chi connectivity index (χ3v) is 9.07. The first-order valence-electron chi connectivity index (χ1n) is 15.5. The van der Waals surface area contributed by atoms with Crippen molar-refractivity contribution in [2.75, 3.05) is 40.5 Å². The molecule has 0 unspecified atom stereocenters. The molecule has 2 aliphatic rings. The number of hydrogen-bond acceptors (Lipinski definition) is 7. The molecular weight excluding hydrogens is 554 g/mol. The minimum absolute atomic E-state index is 0.0889. The van der Waals surface area contributed by atoms with Crippen molar-refractivity contribution in [2.45, 2.75) is 49.8 Å². The van der Waals surface area contributed by atoms with Crippen molar-refractivity contribution in [1.82, 2.24) is 24.8 Å². The van der Waals surface area contributed by atoms with E-state index in [0.29, 0.717) is 44.0 Å². The highest BCUT2D eigenvalue weighted by molar-refractivity contribution is 5.98. The molecule has 0 radical (unpaired) electrons. The Hall–Kier alpha value is -4.05. The topological polar surface area (TPSA) is 102 Å². The molecular formula is C35H41N5O4. The monoisotopic (exact) mass is 595 g/mol. The second-order valence-corrected chi connectivity index (χ2v) is 11.8. The van der Waals surface area contributed by atoms with Crippen LogP contribution in [0.5, 0.6) is 5.88 Å². The van der Waals surface area contributed by atoms with Gasteiger partial charge in [-0.1, -0.05) is 67.4 Å². The normalized spacial score (nSPS) is 22.1. The van der Waals surface area contributed by atoms with E-state index in [4.69, 9.17) is 14.5 Å². The molecule has 1 saturated carbocycles. The maximum absolute atomic E-state index is 14.5. The number of methoxy groups -OCH3 is 2. The van der Waals surface area contributed by atoms with Crippen LogP contribution in [0, 0.1) is 0 Å². The van der Waals surface area contributed by atoms with Crippen molar-refractivity contribution in [1.29, 1.82) is 0 Å². The van der Waals surface area contributed by atoms with Gasteiger partial charge in [0.15, 0.2) is 5.69 Å². The molecule has 9 nitrogen and oxygen atoms in total. The molecule has 2 fully saturated rings. The molecule has 2 N–H and O–H groups in total. The summed E-state index contributed by atoms with van der Waals surface area (Å²) in [5.41, 5.74) is 4.11. The van der Waals surface area contributed by atoms with E-state index in [9.17, 15) is 9.90 Å². The largest absolute Gasteiger partial charge is 0.481 e. The minimum atomic E-state index is -1.04. The van der Waals surface area contributed by atoms with Gasteiger partial charge in [0.25, 0.3) is 5.91 Å². The molecule has 1 aliphatic carbocycles. The standard InChI is InChI=1S/C35H41N5O4/c1-43-23-35(42)17-9-8-16-30(35)40-24-38-31(32(40)25-11-4-3-5-12-25)34(41)39-20-19-36-22-27(39)21-26-13-6-7-14-28(26)29-15-10-18-37-33(29)44-2/h3-7,10-15,18,24,27,30,36,42H,8-9,16-17,19-23H2,1-2H3/t27-,30-,35-/m1/s1. The molecule has 1 saturated heterocycles. The lowest BCUT2D eigenvalue weighted by Crippen LogP contribution is -2.54. The number of nitrogens with one attached hydrogen (secondary N) is 1. The predicted molar refractivity (Wildman–Crippen MR) is 170 cm³/mol. The van der Waals surface area contributed by atoms with Gasteiger partial charge in [-0.2, -0.15) is 0 Å². The molecule has 1 aliphatic heterocycles. The molecule has 3 heterocycles. The Labute approximate surface area is 258 Å². The average molecular weight is 596 g/mol. The van der Waals surface area contributed by atoms with E-state index in [2.05, 4.69) is 22.4 Å². The summed E-state index contributed by atoms with van der Waals surface area (Å²) >= 11 is 0. The van der Waals surface area contributed by atoms with Gasteiger partial charge in [0.1, 0.15) is 5.60 Å². The lowest BCUT2D eigenvalue weighted by atomic mass is 9.80. The molecule has 44 heavy (non-hydrogen) atoms. The number of aromatic nitrogens is 3. The number of imidazole rings is 1. The van der Waals surface area contributed by atoms with Gasteiger partial charge in [-0.05, 0) is 42.5 Å². The maximum Gasteiger partial charge on any atom is 0.275 e. The van der Waals surface area contributed by atoms with Gasteiger partial charge in [0.05, 0.1) is 31.8 Å². The zero-order valence-corrected chi connectivity index (χ0v) is 25.5. The number of amides is 1. The highest BCUT2D eigenvalue weighted by Gasteiger charge is 2.42. The lowest BCUT2D eigenvalue weighted by Gasteiger charge is -2.41. The van der Waals surface area contributed by atoms with Gasteiger partial charge >= 0.3 is 0 Å². The Bertz CT molecular complexity index is 1570. The number of hydrogen-bond donors (Lipinski definition) is 2. The van der Waals surface area contributed by atoms with Gasteiger partial charge in [-0.25, -0.2) is 9.97 Å². The van der Waals surface area contributed by atoms with Crippen LogP contribution in [0.3, 0.4) is 0 Å². The average Bonchev–Trinajstić information content (AvgIpc) is 3.50. The zero-order chi connectivity index (χ0) is 30.5. The lowest BCUT2D eigenvalue weighted by molar-refractivity contribution is -0.0893. The molecule has 3 atom stereocenters. The van der Waals surface area contributed by atoms with Crippen LogP contribution in [0.25, 0.3) is 22.4 Å². The number of ether oxygens (including phenoxy) is 2. The summed E-state index contributed by atoms with van der Waals surface area (Å²) in [4.78, 5) is 25.7. The fourth-order valence-electron chi connectivity index (χ4n) is 6.98. The molecule has 9 heteroatoms. The Morgan fingerprint density at radius 3 is 2.64 bits per heavy atom. The summed E-state index contributed by atoms with van der Waals surface area (Å²) in [6.07, 6.45) is 7.48. The number of carbonyl (C=O) groups excluding carboxylic acids is 1. The van der Waals surface area contributed by atoms with Crippen LogP contribution in [0.2, 0.25) is 0 Å². The van der Waals surface area contributed by atoms with Crippen molar-refractivity contribution in [2.24, 2.45) is 0 Å². The maximum atomic E-state index is 14.5. The number of aliphatic hydroxyl groups is 1. The van der Waals surface area contributed by atoms with Gasteiger partial charge in [-0.3, -0.25) is 4.79 Å². The molecule has 230 valence electrons. The Balaban J connectivity index is 1.36. The van der Waals surface area contributed by atoms with Crippen molar-refractivity contribution in [3.63, 3.8) is 0 Å². The van der Waals surface area contributed by atoms with Gasteiger partial charge in [-0.15, -0.1) is 0 Å². The number of rotatable bonds is 9. The van der Waals surface area contributed by atoms with Crippen LogP contribution in [0.1, 0.15) is 47.8 Å². The molecule has 1 amide bonds. The number of carbonyl (C=O) groups is 1. The first-order chi connectivity index (χ1) is 21.5. The fraction of sp³-hybridized carbons (Fsp3) is 0.400. The third kappa shape index (κ3) is 5.87. The van der Waals surface area contributed by atoms with E-state index in [1.54, 1.807) is 26.7 Å². The second-order valence-electron chi connectivity index (χ2n) is 11.8. The van der Waals surface area contributed by atoms with E-state index < -0.39 is 5.60 Å². The summed E-state index contributed by atoms with van der Waals surface area (Å²) in [7, 11) is 3.25. The molecule has 2 aromatic heterocycles. The molecule has 4 aromatic rings. The summed E-state index contributed by atoms with van der Waals surface area (Å²) < 4.78 is 13.1. The fourth-order valence-corrected chi connectivity index (χ4v) is 6.98. The number of pyridine rings is 1. The van der Waals surface area contributed by atoms with Crippen molar-refractivity contribution < 1.29 is 19.4 Å². The van der Waals surface area contributed by atoms with Crippen molar-refractivity contribution >= 4 is 5.91 Å². The number of piperazine rings is 1. The Kier molecular flexibility index (Phi) is 9.07. The van der Waals surface area contributed by atoms with E-state index >= 15 is 0 Å². The Morgan fingerprint density at radius 1 is 1.02 bits per heavy atom. The summed E-state index contributed by atoms with van der Waals surface area (Å²) in [5, 5.41) is 15.2. The summed E-state index contributed by atoms with van der Waals surface area (Å²) in [5.74, 6) is 0.473. The van der Waals surface area contributed by atoms with Crippen LogP contribution in [-0.2, 0) is 11.2 Å². The highest BCUT2D eigenvalue weighted by atomic mass is 16.5. The molecule has 6 rings (SSSR count). The van der Waals surface area contributed by atoms with E-state index in [0.717, 1.165) is 47.2 Å². The van der Waals surface area contributed by atoms with Crippen molar-refractivity contribution in [3.05, 3.63) is 90.5 Å². The van der Waals surface area contributed by atoms with Crippen LogP contribution < -0.4 is 10.1 Å². The Morgan fingerprint density at radius 2 is 1.82 bits per heavy atom. The highest BCUT2D eigenvalue weighted by Crippen LogP contribution is 2.41. The molecule has 2 aromatic carbocycles. The zero-order valence-electron chi connectivity index (χ0n) is 25.5. The predicted octanol–water partition coefficient (Wildman–Crippen LogP) is 4.77. The van der Waals surface area contributed by atoms with E-state index in [1.807, 2.05) is 64.1 Å². The molecule has 0 bridgehead atoms.